The van der Waals surface area contributed by atoms with Gasteiger partial charge >= 0.3 is 0 Å². The molecule has 1 unspecified atom stereocenters. The SMILES string of the molecule is COc1cc(Br)c(N)cc1S(=O)(=O)N1CCSCC1C. The molecule has 1 saturated heterocycles. The van der Waals surface area contributed by atoms with E-state index in [9.17, 15) is 8.42 Å². The molecule has 0 bridgehead atoms. The van der Waals surface area contributed by atoms with Crippen LogP contribution < -0.4 is 10.5 Å². The number of methoxy groups -OCH3 is 1. The Kier molecular flexibility index (Phi) is 4.88. The van der Waals surface area contributed by atoms with E-state index < -0.39 is 10.0 Å². The molecule has 8 heteroatoms. The predicted molar refractivity (Wildman–Crippen MR) is 85.8 cm³/mol. The van der Waals surface area contributed by atoms with Crippen LogP contribution in [-0.2, 0) is 10.0 Å². The first-order valence-electron chi connectivity index (χ1n) is 6.10. The van der Waals surface area contributed by atoms with Gasteiger partial charge in [-0.15, -0.1) is 0 Å². The maximum Gasteiger partial charge on any atom is 0.247 e. The van der Waals surface area contributed by atoms with Crippen LogP contribution in [0, 0.1) is 0 Å². The first kappa shape index (κ1) is 15.9. The molecule has 2 rings (SSSR count). The van der Waals surface area contributed by atoms with Gasteiger partial charge in [0.2, 0.25) is 10.0 Å². The van der Waals surface area contributed by atoms with Crippen molar-refractivity contribution in [2.24, 2.45) is 0 Å². The lowest BCUT2D eigenvalue weighted by Crippen LogP contribution is -2.44. The summed E-state index contributed by atoms with van der Waals surface area (Å²) in [5, 5.41) is 0. The second kappa shape index (κ2) is 6.13. The van der Waals surface area contributed by atoms with Crippen molar-refractivity contribution >= 4 is 43.4 Å². The van der Waals surface area contributed by atoms with E-state index in [-0.39, 0.29) is 10.9 Å². The molecular weight excluding hydrogens is 364 g/mol. The molecule has 5 nitrogen and oxygen atoms in total. The first-order valence-corrected chi connectivity index (χ1v) is 9.49. The van der Waals surface area contributed by atoms with Crippen LogP contribution >= 0.6 is 27.7 Å². The minimum absolute atomic E-state index is 0.0340. The van der Waals surface area contributed by atoms with E-state index in [4.69, 9.17) is 10.5 Å². The lowest BCUT2D eigenvalue weighted by atomic mass is 10.3. The number of nitrogen functional groups attached to an aromatic ring is 1. The van der Waals surface area contributed by atoms with Crippen molar-refractivity contribution in [3.8, 4) is 5.75 Å². The number of benzene rings is 1. The van der Waals surface area contributed by atoms with E-state index >= 15 is 0 Å². The monoisotopic (exact) mass is 380 g/mol. The average molecular weight is 381 g/mol. The predicted octanol–water partition coefficient (Wildman–Crippen LogP) is 2.17. The number of hydrogen-bond acceptors (Lipinski definition) is 5. The molecule has 1 aliphatic heterocycles. The van der Waals surface area contributed by atoms with Crippen LogP contribution in [0.3, 0.4) is 0 Å². The van der Waals surface area contributed by atoms with Gasteiger partial charge in [0.15, 0.2) is 0 Å². The molecule has 0 saturated carbocycles. The fourth-order valence-electron chi connectivity index (χ4n) is 2.11. The van der Waals surface area contributed by atoms with Crippen LogP contribution in [0.15, 0.2) is 21.5 Å². The molecule has 0 radical (unpaired) electrons. The molecule has 1 aromatic carbocycles. The van der Waals surface area contributed by atoms with Crippen molar-refractivity contribution in [3.05, 3.63) is 16.6 Å². The summed E-state index contributed by atoms with van der Waals surface area (Å²) >= 11 is 5.04. The minimum Gasteiger partial charge on any atom is -0.495 e. The maximum atomic E-state index is 12.8. The van der Waals surface area contributed by atoms with Gasteiger partial charge in [0, 0.05) is 34.3 Å². The standard InChI is InChI=1S/C12H17BrN2O3S2/c1-8-7-19-4-3-15(8)20(16,17)12-6-10(14)9(13)5-11(12)18-2/h5-6,8H,3-4,7,14H2,1-2H3. The summed E-state index contributed by atoms with van der Waals surface area (Å²) in [4.78, 5) is 0.124. The number of nitrogens with two attached hydrogens (primary N) is 1. The zero-order valence-corrected chi connectivity index (χ0v) is 14.5. The zero-order chi connectivity index (χ0) is 14.9. The highest BCUT2D eigenvalue weighted by atomic mass is 79.9. The Balaban J connectivity index is 2.51. The smallest absolute Gasteiger partial charge is 0.247 e. The van der Waals surface area contributed by atoms with Crippen LogP contribution in [0.4, 0.5) is 5.69 Å². The van der Waals surface area contributed by atoms with E-state index in [0.29, 0.717) is 22.5 Å². The summed E-state index contributed by atoms with van der Waals surface area (Å²) in [5.41, 5.74) is 6.19. The summed E-state index contributed by atoms with van der Waals surface area (Å²) < 4.78 is 33.0. The summed E-state index contributed by atoms with van der Waals surface area (Å²) in [7, 11) is -2.15. The van der Waals surface area contributed by atoms with Gasteiger partial charge in [-0.25, -0.2) is 8.42 Å². The van der Waals surface area contributed by atoms with Gasteiger partial charge in [0.05, 0.1) is 7.11 Å². The molecule has 112 valence electrons. The normalized spacial score (nSPS) is 20.9. The van der Waals surface area contributed by atoms with Gasteiger partial charge in [0.25, 0.3) is 0 Å². The van der Waals surface area contributed by atoms with Gasteiger partial charge in [-0.1, -0.05) is 0 Å². The Morgan fingerprint density at radius 1 is 1.50 bits per heavy atom. The van der Waals surface area contributed by atoms with Crippen LogP contribution in [0.1, 0.15) is 6.92 Å². The topological polar surface area (TPSA) is 72.6 Å². The van der Waals surface area contributed by atoms with E-state index in [1.54, 1.807) is 17.8 Å². The Hall–Kier alpha value is -0.440. The second-order valence-corrected chi connectivity index (χ2v) is 8.43. The van der Waals surface area contributed by atoms with Crippen molar-refractivity contribution in [2.45, 2.75) is 17.9 Å². The number of rotatable bonds is 3. The number of thioether (sulfide) groups is 1. The fraction of sp³-hybridized carbons (Fsp3) is 0.500. The highest BCUT2D eigenvalue weighted by molar-refractivity contribution is 9.10. The maximum absolute atomic E-state index is 12.8. The lowest BCUT2D eigenvalue weighted by Gasteiger charge is -2.32. The number of anilines is 1. The van der Waals surface area contributed by atoms with Crippen LogP contribution in [-0.4, -0.2) is 43.9 Å². The summed E-state index contributed by atoms with van der Waals surface area (Å²) in [6, 6.07) is 3.01. The van der Waals surface area contributed by atoms with Gasteiger partial charge in [-0.05, 0) is 35.0 Å². The van der Waals surface area contributed by atoms with Gasteiger partial charge in [0.1, 0.15) is 10.6 Å². The van der Waals surface area contributed by atoms with Crippen LogP contribution in [0.25, 0.3) is 0 Å². The highest BCUT2D eigenvalue weighted by Gasteiger charge is 2.33. The Bertz CT molecular complexity index is 607. The number of ether oxygens (including phenoxy) is 1. The van der Waals surface area contributed by atoms with Crippen LogP contribution in [0.2, 0.25) is 0 Å². The van der Waals surface area contributed by atoms with Crippen molar-refractivity contribution in [1.29, 1.82) is 0 Å². The average Bonchev–Trinajstić information content (AvgIpc) is 2.41. The van der Waals surface area contributed by atoms with Crippen molar-refractivity contribution in [2.75, 3.05) is 30.9 Å². The molecule has 0 amide bonds. The lowest BCUT2D eigenvalue weighted by molar-refractivity contribution is 0.360. The largest absolute Gasteiger partial charge is 0.495 e. The zero-order valence-electron chi connectivity index (χ0n) is 11.3. The van der Waals surface area contributed by atoms with Gasteiger partial charge < -0.3 is 10.5 Å². The molecule has 0 aromatic heterocycles. The van der Waals surface area contributed by atoms with Crippen molar-refractivity contribution < 1.29 is 13.2 Å². The number of halogens is 1. The van der Waals surface area contributed by atoms with E-state index in [1.807, 2.05) is 6.92 Å². The molecule has 2 N–H and O–H groups in total. The van der Waals surface area contributed by atoms with E-state index in [2.05, 4.69) is 15.9 Å². The minimum atomic E-state index is -3.60. The highest BCUT2D eigenvalue weighted by Crippen LogP contribution is 2.35. The molecule has 1 fully saturated rings. The molecule has 0 spiro atoms. The Morgan fingerprint density at radius 2 is 2.20 bits per heavy atom. The third kappa shape index (κ3) is 2.93. The fourth-order valence-corrected chi connectivity index (χ4v) is 5.46. The molecule has 20 heavy (non-hydrogen) atoms. The molecule has 0 aliphatic carbocycles. The van der Waals surface area contributed by atoms with E-state index in [0.717, 1.165) is 11.5 Å². The third-order valence-corrected chi connectivity index (χ3v) is 7.09. The summed E-state index contributed by atoms with van der Waals surface area (Å²) in [5.74, 6) is 1.90. The molecule has 1 aromatic rings. The van der Waals surface area contributed by atoms with Gasteiger partial charge in [-0.3, -0.25) is 0 Å². The molecule has 1 aliphatic rings. The van der Waals surface area contributed by atoms with Crippen molar-refractivity contribution in [3.63, 3.8) is 0 Å². The Morgan fingerprint density at radius 3 is 2.80 bits per heavy atom. The van der Waals surface area contributed by atoms with Gasteiger partial charge in [-0.2, -0.15) is 16.1 Å². The van der Waals surface area contributed by atoms with Crippen LogP contribution in [0.5, 0.6) is 5.75 Å². The number of hydrogen-bond donors (Lipinski definition) is 1. The quantitative estimate of drug-likeness (QED) is 0.813. The molecule has 1 atom stereocenters. The number of sulfonamides is 1. The van der Waals surface area contributed by atoms with E-state index in [1.165, 1.54) is 17.5 Å². The molecule has 1 heterocycles. The van der Waals surface area contributed by atoms with Crippen molar-refractivity contribution in [1.82, 2.24) is 4.31 Å². The second-order valence-electron chi connectivity index (χ2n) is 4.56. The third-order valence-electron chi connectivity index (χ3n) is 3.18. The summed E-state index contributed by atoms with van der Waals surface area (Å²) in [6.45, 7) is 2.42. The molecular formula is C12H17BrN2O3S2. The first-order chi connectivity index (χ1) is 9.37. The number of nitrogens with zero attached hydrogens (tertiary/aromatic N) is 1. The Labute approximate surface area is 132 Å². The summed E-state index contributed by atoms with van der Waals surface area (Å²) in [6.07, 6.45) is 0.